The zero-order valence-electron chi connectivity index (χ0n) is 17.9. The molecule has 7 nitrogen and oxygen atoms in total. The van der Waals surface area contributed by atoms with Crippen molar-refractivity contribution >= 4 is 42.0 Å². The maximum absolute atomic E-state index is 13.2. The van der Waals surface area contributed by atoms with Crippen LogP contribution in [0.2, 0.25) is 0 Å². The molecular formula is C21H23F3N4O3S. The molecule has 1 N–H and O–H groups in total. The quantitative estimate of drug-likeness (QED) is 0.205. The lowest BCUT2D eigenvalue weighted by atomic mass is 10.0. The summed E-state index contributed by atoms with van der Waals surface area (Å²) >= 11 is -0.276. The van der Waals surface area contributed by atoms with E-state index in [-0.39, 0.29) is 28.9 Å². The van der Waals surface area contributed by atoms with E-state index >= 15 is 0 Å². The molecule has 1 aliphatic rings. The number of nitrogens with zero attached hydrogens (tertiary/aromatic N) is 3. The topological polar surface area (TPSA) is 82.1 Å². The van der Waals surface area contributed by atoms with Crippen LogP contribution in [-0.4, -0.2) is 54.1 Å². The number of anilines is 1. The van der Waals surface area contributed by atoms with Gasteiger partial charge >= 0.3 is 11.5 Å². The maximum Gasteiger partial charge on any atom is 0.446 e. The van der Waals surface area contributed by atoms with Crippen molar-refractivity contribution in [1.29, 1.82) is 0 Å². The maximum atomic E-state index is 13.2. The minimum absolute atomic E-state index is 0.0416. The van der Waals surface area contributed by atoms with Crippen LogP contribution < -0.4 is 10.2 Å². The Kier molecular flexibility index (Phi) is 7.89. The fourth-order valence-electron chi connectivity index (χ4n) is 3.04. The van der Waals surface area contributed by atoms with E-state index in [0.29, 0.717) is 17.7 Å². The highest BCUT2D eigenvalue weighted by molar-refractivity contribution is 8.00. The van der Waals surface area contributed by atoms with Gasteiger partial charge in [0.1, 0.15) is 5.54 Å². The molecule has 0 atom stereocenters. The Hall–Kier alpha value is -3.08. The van der Waals surface area contributed by atoms with Gasteiger partial charge in [-0.3, -0.25) is 14.6 Å². The van der Waals surface area contributed by atoms with Gasteiger partial charge in [0.2, 0.25) is 6.41 Å². The van der Waals surface area contributed by atoms with Gasteiger partial charge in [-0.2, -0.15) is 13.2 Å². The number of rotatable bonds is 8. The minimum atomic E-state index is -4.44. The van der Waals surface area contributed by atoms with Gasteiger partial charge in [-0.25, -0.2) is 9.69 Å². The summed E-state index contributed by atoms with van der Waals surface area (Å²) in [5, 5.41) is 2.51. The van der Waals surface area contributed by atoms with Gasteiger partial charge < -0.3 is 10.2 Å². The fourth-order valence-corrected chi connectivity index (χ4v) is 3.58. The number of thioether (sulfide) groups is 1. The number of hydrogen-bond acceptors (Lipinski definition) is 5. The van der Waals surface area contributed by atoms with Crippen molar-refractivity contribution < 1.29 is 27.6 Å². The van der Waals surface area contributed by atoms with Gasteiger partial charge in [-0.15, -0.1) is 0 Å². The lowest BCUT2D eigenvalue weighted by Crippen LogP contribution is -2.45. The fraction of sp³-hybridized carbons (Fsp3) is 0.333. The van der Waals surface area contributed by atoms with Crippen molar-refractivity contribution in [1.82, 2.24) is 10.2 Å². The molecule has 1 saturated heterocycles. The molecule has 172 valence electrons. The van der Waals surface area contributed by atoms with Crippen molar-refractivity contribution in [2.24, 2.45) is 4.99 Å². The summed E-state index contributed by atoms with van der Waals surface area (Å²) in [4.78, 5) is 43.0. The van der Waals surface area contributed by atoms with E-state index in [9.17, 15) is 27.6 Å². The van der Waals surface area contributed by atoms with Crippen LogP contribution in [0, 0.1) is 0 Å². The van der Waals surface area contributed by atoms with Crippen molar-refractivity contribution in [3.8, 4) is 0 Å². The van der Waals surface area contributed by atoms with E-state index in [1.165, 1.54) is 35.4 Å². The summed E-state index contributed by atoms with van der Waals surface area (Å²) in [6.07, 6.45) is 5.34. The summed E-state index contributed by atoms with van der Waals surface area (Å²) in [7, 11) is 1.57. The van der Waals surface area contributed by atoms with Crippen molar-refractivity contribution in [3.63, 3.8) is 0 Å². The lowest BCUT2D eigenvalue weighted by molar-refractivity contribution is -0.123. The highest BCUT2D eigenvalue weighted by Crippen LogP contribution is 2.38. The summed E-state index contributed by atoms with van der Waals surface area (Å²) in [6, 6.07) is 4.43. The first-order chi connectivity index (χ1) is 14.9. The number of amides is 4. The first kappa shape index (κ1) is 25.2. The first-order valence-corrected chi connectivity index (χ1v) is 10.2. The van der Waals surface area contributed by atoms with E-state index in [4.69, 9.17) is 0 Å². The van der Waals surface area contributed by atoms with Crippen LogP contribution in [0.3, 0.4) is 0 Å². The highest BCUT2D eigenvalue weighted by Gasteiger charge is 2.51. The molecule has 4 amide bonds. The monoisotopic (exact) mass is 468 g/mol. The normalized spacial score (nSPS) is 17.5. The predicted octanol–water partition coefficient (Wildman–Crippen LogP) is 4.12. The number of carbonyl (C=O) groups excluding carboxylic acids is 3. The molecule has 0 spiro atoms. The van der Waals surface area contributed by atoms with Crippen LogP contribution >= 0.6 is 11.8 Å². The van der Waals surface area contributed by atoms with Crippen LogP contribution in [0.1, 0.15) is 20.8 Å². The van der Waals surface area contributed by atoms with Crippen LogP contribution in [0.5, 0.6) is 0 Å². The Morgan fingerprint density at radius 3 is 2.38 bits per heavy atom. The van der Waals surface area contributed by atoms with Gasteiger partial charge in [0.15, 0.2) is 0 Å². The Labute approximate surface area is 188 Å². The molecule has 0 unspecified atom stereocenters. The van der Waals surface area contributed by atoms with Crippen molar-refractivity contribution in [3.05, 3.63) is 47.7 Å². The van der Waals surface area contributed by atoms with E-state index in [2.05, 4.69) is 10.3 Å². The molecule has 1 aromatic carbocycles. The SMILES string of the molecule is CN=C/C=C(\C=C(/C)NC=O)CN1C(=O)N(c2ccc(SC(F)(F)F)cc2)C(=O)C1(C)C. The van der Waals surface area contributed by atoms with Crippen molar-refractivity contribution in [2.45, 2.75) is 36.7 Å². The number of allylic oxidation sites excluding steroid dienone is 2. The third-order valence-corrected chi connectivity index (χ3v) is 5.36. The molecule has 2 rings (SSSR count). The number of aliphatic imine (C=N–C) groups is 1. The number of alkyl halides is 3. The molecule has 11 heteroatoms. The highest BCUT2D eigenvalue weighted by atomic mass is 32.2. The number of benzene rings is 1. The molecule has 0 saturated carbocycles. The molecule has 0 radical (unpaired) electrons. The van der Waals surface area contributed by atoms with Gasteiger partial charge in [0, 0.05) is 30.4 Å². The van der Waals surface area contributed by atoms with Crippen LogP contribution in [0.15, 0.2) is 57.6 Å². The van der Waals surface area contributed by atoms with Crippen LogP contribution in [-0.2, 0) is 9.59 Å². The number of nitrogens with one attached hydrogen (secondary N) is 1. The summed E-state index contributed by atoms with van der Waals surface area (Å²) in [6.45, 7) is 4.89. The second-order valence-corrected chi connectivity index (χ2v) is 8.49. The molecule has 0 aromatic heterocycles. The van der Waals surface area contributed by atoms with E-state index in [1.807, 2.05) is 0 Å². The molecular weight excluding hydrogens is 445 g/mol. The molecule has 1 heterocycles. The van der Waals surface area contributed by atoms with Crippen LogP contribution in [0.25, 0.3) is 0 Å². The zero-order valence-corrected chi connectivity index (χ0v) is 18.8. The molecule has 32 heavy (non-hydrogen) atoms. The second kappa shape index (κ2) is 10.0. The van der Waals surface area contributed by atoms with E-state index in [1.54, 1.807) is 40.0 Å². The minimum Gasteiger partial charge on any atom is -0.333 e. The Morgan fingerprint density at radius 2 is 1.84 bits per heavy atom. The smallest absolute Gasteiger partial charge is 0.333 e. The number of hydrogen-bond donors (Lipinski definition) is 1. The number of imide groups is 1. The number of urea groups is 1. The summed E-state index contributed by atoms with van der Waals surface area (Å²) in [5.41, 5.74) is -4.33. The molecule has 1 aliphatic heterocycles. The third kappa shape index (κ3) is 6.00. The van der Waals surface area contributed by atoms with Gasteiger partial charge in [-0.1, -0.05) is 0 Å². The average molecular weight is 469 g/mol. The largest absolute Gasteiger partial charge is 0.446 e. The lowest BCUT2D eigenvalue weighted by Gasteiger charge is -2.28. The third-order valence-electron chi connectivity index (χ3n) is 4.62. The Morgan fingerprint density at radius 1 is 1.22 bits per heavy atom. The van der Waals surface area contributed by atoms with Crippen LogP contribution in [0.4, 0.5) is 23.7 Å². The Balaban J connectivity index is 2.34. The van der Waals surface area contributed by atoms with Gasteiger partial charge in [0.05, 0.1) is 5.69 Å². The standard InChI is InChI=1S/C21H23F3N4O3S/c1-14(26-13-29)11-15(9-10-25-4)12-27-19(31)28(18(30)20(27,2)3)16-5-7-17(8-6-16)32-21(22,23)24/h5-11,13H,12H2,1-4H3,(H,26,29)/b14-11+,15-9+,25-10?. The Bertz CT molecular complexity index is 969. The van der Waals surface area contributed by atoms with E-state index in [0.717, 1.165) is 4.90 Å². The van der Waals surface area contributed by atoms with Gasteiger partial charge in [0.25, 0.3) is 5.91 Å². The molecule has 0 bridgehead atoms. The molecule has 0 aliphatic carbocycles. The second-order valence-electron chi connectivity index (χ2n) is 7.35. The van der Waals surface area contributed by atoms with E-state index < -0.39 is 23.0 Å². The summed E-state index contributed by atoms with van der Waals surface area (Å²) in [5.74, 6) is -0.506. The first-order valence-electron chi connectivity index (χ1n) is 9.42. The molecule has 1 fully saturated rings. The zero-order chi connectivity index (χ0) is 24.1. The predicted molar refractivity (Wildman–Crippen MR) is 117 cm³/mol. The van der Waals surface area contributed by atoms with Crippen molar-refractivity contribution in [2.75, 3.05) is 18.5 Å². The summed E-state index contributed by atoms with van der Waals surface area (Å²) < 4.78 is 37.7. The average Bonchev–Trinajstić information content (AvgIpc) is 2.85. The number of carbonyl (C=O) groups is 3. The molecule has 1 aromatic rings. The van der Waals surface area contributed by atoms with Gasteiger partial charge in [-0.05, 0) is 74.5 Å². The number of halogens is 3.